The molecule has 7 nitrogen and oxygen atoms in total. The van der Waals surface area contributed by atoms with Crippen molar-refractivity contribution in [3.63, 3.8) is 0 Å². The van der Waals surface area contributed by atoms with E-state index < -0.39 is 0 Å². The van der Waals surface area contributed by atoms with Gasteiger partial charge in [0.25, 0.3) is 11.8 Å². The van der Waals surface area contributed by atoms with Gasteiger partial charge in [-0.05, 0) is 49.2 Å². The molecule has 0 N–H and O–H groups in total. The molecule has 4 rings (SSSR count). The lowest BCUT2D eigenvalue weighted by atomic mass is 9.96. The van der Waals surface area contributed by atoms with E-state index in [2.05, 4.69) is 10.1 Å². The Morgan fingerprint density at radius 2 is 1.73 bits per heavy atom. The lowest BCUT2D eigenvalue weighted by Crippen LogP contribution is -2.40. The van der Waals surface area contributed by atoms with Gasteiger partial charge in [0.05, 0.1) is 0 Å². The summed E-state index contributed by atoms with van der Waals surface area (Å²) in [6.45, 7) is 1.39. The second-order valence-corrected chi connectivity index (χ2v) is 7.05. The molecule has 0 spiro atoms. The Balaban J connectivity index is 1.23. The van der Waals surface area contributed by atoms with Gasteiger partial charge < -0.3 is 18.9 Å². The number of aromatic nitrogens is 2. The van der Waals surface area contributed by atoms with E-state index in [-0.39, 0.29) is 30.9 Å². The van der Waals surface area contributed by atoms with E-state index in [1.807, 2.05) is 30.3 Å². The Bertz CT molecular complexity index is 954. The van der Waals surface area contributed by atoms with E-state index in [0.717, 1.165) is 12.8 Å². The number of carbonyl (C=O) groups excluding carboxylic acids is 1. The van der Waals surface area contributed by atoms with Crippen LogP contribution in [-0.2, 0) is 11.4 Å². The summed E-state index contributed by atoms with van der Waals surface area (Å²) in [5.74, 6) is 1.98. The fraction of sp³-hybridized carbons (Fsp3) is 0.318. The maximum Gasteiger partial charge on any atom is 0.264 e. The van der Waals surface area contributed by atoms with Gasteiger partial charge in [-0.25, -0.2) is 4.39 Å². The molecule has 1 aromatic heterocycles. The molecule has 156 valence electrons. The topological polar surface area (TPSA) is 77.7 Å². The maximum absolute atomic E-state index is 12.9. The molecule has 1 aliphatic heterocycles. The van der Waals surface area contributed by atoms with Gasteiger partial charge in [0, 0.05) is 19.0 Å². The summed E-state index contributed by atoms with van der Waals surface area (Å²) in [6, 6.07) is 15.0. The average molecular weight is 411 g/mol. The van der Waals surface area contributed by atoms with Gasteiger partial charge in [0.2, 0.25) is 0 Å². The van der Waals surface area contributed by atoms with E-state index in [0.29, 0.717) is 36.3 Å². The number of rotatable bonds is 7. The molecule has 2 heterocycles. The first-order valence-electron chi connectivity index (χ1n) is 9.84. The third-order valence-electron chi connectivity index (χ3n) is 4.98. The number of ether oxygens (including phenoxy) is 2. The summed E-state index contributed by atoms with van der Waals surface area (Å²) >= 11 is 0. The van der Waals surface area contributed by atoms with Crippen molar-refractivity contribution in [2.45, 2.75) is 25.4 Å². The maximum atomic E-state index is 12.9. The minimum Gasteiger partial charge on any atom is -0.484 e. The number of benzene rings is 2. The first-order valence-corrected chi connectivity index (χ1v) is 9.84. The first kappa shape index (κ1) is 19.9. The standard InChI is InChI=1S/C22H22FN3O4/c23-17-6-8-19(9-7-17)28-14-20-24-22(25-30-20)16-10-12-26(13-11-16)21(27)15-29-18-4-2-1-3-5-18/h1-9,16H,10-15H2. The zero-order chi connectivity index (χ0) is 20.8. The highest BCUT2D eigenvalue weighted by molar-refractivity contribution is 5.77. The quantitative estimate of drug-likeness (QED) is 0.592. The Labute approximate surface area is 173 Å². The minimum atomic E-state index is -0.320. The number of hydrogen-bond acceptors (Lipinski definition) is 6. The number of nitrogens with zero attached hydrogens (tertiary/aromatic N) is 3. The molecule has 30 heavy (non-hydrogen) atoms. The van der Waals surface area contributed by atoms with Crippen molar-refractivity contribution in [1.29, 1.82) is 0 Å². The molecule has 0 bridgehead atoms. The Kier molecular flexibility index (Phi) is 6.22. The van der Waals surface area contributed by atoms with Crippen LogP contribution >= 0.6 is 0 Å². The van der Waals surface area contributed by atoms with Crippen LogP contribution in [0.2, 0.25) is 0 Å². The Morgan fingerprint density at radius 3 is 2.47 bits per heavy atom. The first-order chi connectivity index (χ1) is 14.7. The largest absolute Gasteiger partial charge is 0.484 e. The number of carbonyl (C=O) groups is 1. The SMILES string of the molecule is O=C(COc1ccccc1)N1CCC(c2noc(COc3ccc(F)cc3)n2)CC1. The molecule has 1 aliphatic rings. The third kappa shape index (κ3) is 5.14. The predicted octanol–water partition coefficient (Wildman–Crippen LogP) is 3.57. The molecule has 0 radical (unpaired) electrons. The van der Waals surface area contributed by atoms with Gasteiger partial charge in [0.1, 0.15) is 17.3 Å². The minimum absolute atomic E-state index is 0.0289. The molecule has 1 fully saturated rings. The van der Waals surface area contributed by atoms with Crippen molar-refractivity contribution in [1.82, 2.24) is 15.0 Å². The van der Waals surface area contributed by atoms with Gasteiger partial charge in [-0.3, -0.25) is 4.79 Å². The summed E-state index contributed by atoms with van der Waals surface area (Å²) in [5.41, 5.74) is 0. The monoisotopic (exact) mass is 411 g/mol. The normalized spacial score (nSPS) is 14.5. The van der Waals surface area contributed by atoms with Crippen LogP contribution < -0.4 is 9.47 Å². The predicted molar refractivity (Wildman–Crippen MR) is 106 cm³/mol. The number of likely N-dealkylation sites (tertiary alicyclic amines) is 1. The van der Waals surface area contributed by atoms with Crippen LogP contribution in [0.25, 0.3) is 0 Å². The van der Waals surface area contributed by atoms with Crippen molar-refractivity contribution in [2.75, 3.05) is 19.7 Å². The molecule has 3 aromatic rings. The van der Waals surface area contributed by atoms with Gasteiger partial charge in [-0.2, -0.15) is 4.98 Å². The van der Waals surface area contributed by atoms with Crippen LogP contribution in [-0.4, -0.2) is 40.6 Å². The fourth-order valence-corrected chi connectivity index (χ4v) is 3.31. The van der Waals surface area contributed by atoms with Crippen LogP contribution in [0.4, 0.5) is 4.39 Å². The van der Waals surface area contributed by atoms with Gasteiger partial charge in [0.15, 0.2) is 19.0 Å². The molecule has 0 saturated carbocycles. The van der Waals surface area contributed by atoms with Crippen molar-refractivity contribution >= 4 is 5.91 Å². The lowest BCUT2D eigenvalue weighted by Gasteiger charge is -2.30. The highest BCUT2D eigenvalue weighted by Crippen LogP contribution is 2.26. The van der Waals surface area contributed by atoms with Gasteiger partial charge >= 0.3 is 0 Å². The fourth-order valence-electron chi connectivity index (χ4n) is 3.31. The second kappa shape index (κ2) is 9.39. The highest BCUT2D eigenvalue weighted by Gasteiger charge is 2.27. The van der Waals surface area contributed by atoms with Crippen LogP contribution in [0, 0.1) is 5.82 Å². The summed E-state index contributed by atoms with van der Waals surface area (Å²) < 4.78 is 29.3. The van der Waals surface area contributed by atoms with E-state index in [1.54, 1.807) is 17.0 Å². The second-order valence-electron chi connectivity index (χ2n) is 7.05. The average Bonchev–Trinajstić information content (AvgIpc) is 3.27. The molecule has 0 aliphatic carbocycles. The van der Waals surface area contributed by atoms with Gasteiger partial charge in [-0.15, -0.1) is 0 Å². The Morgan fingerprint density at radius 1 is 1.03 bits per heavy atom. The number of piperidine rings is 1. The molecular formula is C22H22FN3O4. The van der Waals surface area contributed by atoms with Crippen LogP contribution in [0.15, 0.2) is 59.1 Å². The molecule has 0 atom stereocenters. The molecule has 1 saturated heterocycles. The zero-order valence-corrected chi connectivity index (χ0v) is 16.4. The third-order valence-corrected chi connectivity index (χ3v) is 4.98. The molecule has 2 aromatic carbocycles. The van der Waals surface area contributed by atoms with Gasteiger partial charge in [-0.1, -0.05) is 23.4 Å². The summed E-state index contributed by atoms with van der Waals surface area (Å²) in [7, 11) is 0. The lowest BCUT2D eigenvalue weighted by molar-refractivity contribution is -0.134. The van der Waals surface area contributed by atoms with E-state index in [1.165, 1.54) is 12.1 Å². The Hall–Kier alpha value is -3.42. The number of hydrogen-bond donors (Lipinski definition) is 0. The molecule has 0 unspecified atom stereocenters. The van der Waals surface area contributed by atoms with Crippen LogP contribution in [0.3, 0.4) is 0 Å². The van der Waals surface area contributed by atoms with E-state index >= 15 is 0 Å². The van der Waals surface area contributed by atoms with Crippen molar-refractivity contribution in [3.8, 4) is 11.5 Å². The summed E-state index contributed by atoms with van der Waals surface area (Å²) in [6.07, 6.45) is 1.52. The smallest absolute Gasteiger partial charge is 0.264 e. The zero-order valence-electron chi connectivity index (χ0n) is 16.4. The van der Waals surface area contributed by atoms with Crippen LogP contribution in [0.5, 0.6) is 11.5 Å². The summed E-state index contributed by atoms with van der Waals surface area (Å²) in [5, 5.41) is 4.06. The number of amides is 1. The van der Waals surface area contributed by atoms with E-state index in [4.69, 9.17) is 14.0 Å². The number of halogens is 1. The molecular weight excluding hydrogens is 389 g/mol. The van der Waals surface area contributed by atoms with Crippen LogP contribution in [0.1, 0.15) is 30.5 Å². The van der Waals surface area contributed by atoms with E-state index in [9.17, 15) is 9.18 Å². The molecule has 1 amide bonds. The molecule has 8 heteroatoms. The number of para-hydroxylation sites is 1. The van der Waals surface area contributed by atoms with Crippen molar-refractivity contribution < 1.29 is 23.2 Å². The highest BCUT2D eigenvalue weighted by atomic mass is 19.1. The summed E-state index contributed by atoms with van der Waals surface area (Å²) in [4.78, 5) is 18.6. The van der Waals surface area contributed by atoms with Crippen molar-refractivity contribution in [2.24, 2.45) is 0 Å². The van der Waals surface area contributed by atoms with Crippen molar-refractivity contribution in [3.05, 3.63) is 72.1 Å².